The van der Waals surface area contributed by atoms with Gasteiger partial charge in [0.15, 0.2) is 5.96 Å². The van der Waals surface area contributed by atoms with Crippen LogP contribution in [0.2, 0.25) is 0 Å². The maximum absolute atomic E-state index is 12.7. The lowest BCUT2D eigenvalue weighted by Crippen LogP contribution is -2.54. The first-order valence-electron chi connectivity index (χ1n) is 11.8. The van der Waals surface area contributed by atoms with Gasteiger partial charge in [-0.05, 0) is 36.7 Å². The number of nitrogens with one attached hydrogen (secondary N) is 1. The number of hydrogen-bond donors (Lipinski definition) is 1. The molecule has 2 heterocycles. The molecule has 0 bridgehead atoms. The smallest absolute Gasteiger partial charge is 0.236 e. The van der Waals surface area contributed by atoms with Crippen LogP contribution >= 0.6 is 24.0 Å². The van der Waals surface area contributed by atoms with Crippen molar-refractivity contribution in [2.45, 2.75) is 38.0 Å². The van der Waals surface area contributed by atoms with Gasteiger partial charge in [0, 0.05) is 52.9 Å². The number of carbonyl (C=O) groups excluding carboxylic acids is 1. The highest BCUT2D eigenvalue weighted by atomic mass is 127. The van der Waals surface area contributed by atoms with Crippen molar-refractivity contribution in [2.24, 2.45) is 10.9 Å². The lowest BCUT2D eigenvalue weighted by Gasteiger charge is -2.37. The van der Waals surface area contributed by atoms with E-state index < -0.39 is 0 Å². The molecule has 0 spiro atoms. The molecule has 1 aromatic carbocycles. The van der Waals surface area contributed by atoms with Crippen molar-refractivity contribution in [3.05, 3.63) is 35.9 Å². The molecule has 4 rings (SSSR count). The van der Waals surface area contributed by atoms with Gasteiger partial charge in [-0.1, -0.05) is 43.2 Å². The molecule has 0 aromatic heterocycles. The number of benzene rings is 1. The molecule has 2 saturated heterocycles. The number of aliphatic imine (C=N–C) groups is 1. The minimum absolute atomic E-state index is 0. The summed E-state index contributed by atoms with van der Waals surface area (Å²) < 4.78 is 0. The number of halogens is 1. The van der Waals surface area contributed by atoms with E-state index >= 15 is 0 Å². The summed E-state index contributed by atoms with van der Waals surface area (Å²) in [4.78, 5) is 23.9. The predicted octanol–water partition coefficient (Wildman–Crippen LogP) is 3.00. The Balaban J connectivity index is 0.00000272. The summed E-state index contributed by atoms with van der Waals surface area (Å²) in [7, 11) is 1.87. The number of nitrogens with zero attached hydrogens (tertiary/aromatic N) is 4. The zero-order valence-corrected chi connectivity index (χ0v) is 21.2. The van der Waals surface area contributed by atoms with Gasteiger partial charge < -0.3 is 15.1 Å². The van der Waals surface area contributed by atoms with Crippen molar-refractivity contribution in [1.29, 1.82) is 0 Å². The highest BCUT2D eigenvalue weighted by Gasteiger charge is 2.38. The quantitative estimate of drug-likeness (QED) is 0.355. The zero-order valence-electron chi connectivity index (χ0n) is 18.8. The summed E-state index contributed by atoms with van der Waals surface area (Å²) in [6, 6.07) is 10.8. The molecule has 1 amide bonds. The van der Waals surface area contributed by atoms with E-state index in [1.807, 2.05) is 7.05 Å². The molecule has 1 N–H and O–H groups in total. The SMILES string of the molecule is CN=C(NCC1CC1c1ccccc1)N1CCN(CC(=O)N2CCCCCC2)CC1.I. The molecule has 2 atom stereocenters. The van der Waals surface area contributed by atoms with E-state index in [0.29, 0.717) is 24.3 Å². The van der Waals surface area contributed by atoms with E-state index in [-0.39, 0.29) is 24.0 Å². The standard InChI is InChI=1S/C24H37N5O.HI/c1-25-24(26-18-21-17-22(21)20-9-5-4-6-10-20)29-15-13-27(14-16-29)19-23(30)28-11-7-2-3-8-12-28;/h4-6,9-10,21-22H,2-3,7-8,11-19H2,1H3,(H,25,26);1H. The van der Waals surface area contributed by atoms with Crippen molar-refractivity contribution >= 4 is 35.8 Å². The van der Waals surface area contributed by atoms with Crippen LogP contribution in [-0.2, 0) is 4.79 Å². The summed E-state index contributed by atoms with van der Waals surface area (Å²) in [5.74, 6) is 2.72. The van der Waals surface area contributed by atoms with Crippen LogP contribution in [-0.4, -0.2) is 86.0 Å². The summed E-state index contributed by atoms with van der Waals surface area (Å²) in [5, 5.41) is 3.60. The maximum Gasteiger partial charge on any atom is 0.236 e. The predicted molar refractivity (Wildman–Crippen MR) is 137 cm³/mol. The topological polar surface area (TPSA) is 51.2 Å². The molecule has 2 unspecified atom stereocenters. The molecule has 3 aliphatic rings. The number of carbonyl (C=O) groups is 1. The number of likely N-dealkylation sites (tertiary alicyclic amines) is 1. The second-order valence-electron chi connectivity index (χ2n) is 9.00. The first-order valence-corrected chi connectivity index (χ1v) is 11.8. The number of guanidine groups is 1. The van der Waals surface area contributed by atoms with Crippen LogP contribution in [0.25, 0.3) is 0 Å². The summed E-state index contributed by atoms with van der Waals surface area (Å²) >= 11 is 0. The fourth-order valence-corrected chi connectivity index (χ4v) is 4.87. The van der Waals surface area contributed by atoms with Crippen molar-refractivity contribution in [2.75, 3.05) is 59.4 Å². The molecule has 1 aliphatic carbocycles. The normalized spacial score (nSPS) is 24.9. The molecule has 6 nitrogen and oxygen atoms in total. The minimum atomic E-state index is 0. The Bertz CT molecular complexity index is 712. The summed E-state index contributed by atoms with van der Waals surface area (Å²) in [6.07, 6.45) is 6.12. The Morgan fingerprint density at radius 3 is 2.29 bits per heavy atom. The van der Waals surface area contributed by atoms with Crippen molar-refractivity contribution in [1.82, 2.24) is 20.0 Å². The van der Waals surface area contributed by atoms with Gasteiger partial charge in [-0.15, -0.1) is 24.0 Å². The molecule has 172 valence electrons. The number of hydrogen-bond acceptors (Lipinski definition) is 3. The molecule has 31 heavy (non-hydrogen) atoms. The van der Waals surface area contributed by atoms with Gasteiger partial charge in [-0.25, -0.2) is 0 Å². The van der Waals surface area contributed by atoms with E-state index in [0.717, 1.165) is 64.6 Å². The van der Waals surface area contributed by atoms with Crippen LogP contribution in [0, 0.1) is 5.92 Å². The third-order valence-corrected chi connectivity index (χ3v) is 6.87. The Morgan fingerprint density at radius 2 is 1.65 bits per heavy atom. The molecular formula is C24H38IN5O. The second-order valence-corrected chi connectivity index (χ2v) is 9.00. The fraction of sp³-hybridized carbons (Fsp3) is 0.667. The summed E-state index contributed by atoms with van der Waals surface area (Å²) in [5.41, 5.74) is 1.46. The lowest BCUT2D eigenvalue weighted by atomic mass is 10.1. The van der Waals surface area contributed by atoms with Crippen LogP contribution in [0.5, 0.6) is 0 Å². The Morgan fingerprint density at radius 1 is 0.968 bits per heavy atom. The number of piperazine rings is 1. The summed E-state index contributed by atoms with van der Waals surface area (Å²) in [6.45, 7) is 7.16. The van der Waals surface area contributed by atoms with Crippen LogP contribution in [0.1, 0.15) is 43.6 Å². The molecule has 1 saturated carbocycles. The van der Waals surface area contributed by atoms with Crippen molar-refractivity contribution < 1.29 is 4.79 Å². The van der Waals surface area contributed by atoms with Crippen LogP contribution in [0.15, 0.2) is 35.3 Å². The van der Waals surface area contributed by atoms with Gasteiger partial charge in [-0.2, -0.15) is 0 Å². The largest absolute Gasteiger partial charge is 0.356 e. The van der Waals surface area contributed by atoms with Crippen molar-refractivity contribution in [3.63, 3.8) is 0 Å². The average Bonchev–Trinajstić information content (AvgIpc) is 3.59. The first kappa shape index (κ1) is 24.3. The number of amides is 1. The van der Waals surface area contributed by atoms with Gasteiger partial charge in [0.1, 0.15) is 0 Å². The minimum Gasteiger partial charge on any atom is -0.356 e. The van der Waals surface area contributed by atoms with Gasteiger partial charge in [0.25, 0.3) is 0 Å². The van der Waals surface area contributed by atoms with Gasteiger partial charge in [0.2, 0.25) is 5.91 Å². The van der Waals surface area contributed by atoms with Gasteiger partial charge in [-0.3, -0.25) is 14.7 Å². The molecule has 3 fully saturated rings. The van der Waals surface area contributed by atoms with Crippen LogP contribution in [0.4, 0.5) is 0 Å². The van der Waals surface area contributed by atoms with E-state index in [2.05, 4.69) is 55.3 Å². The van der Waals surface area contributed by atoms with E-state index in [9.17, 15) is 4.79 Å². The molecule has 1 aromatic rings. The zero-order chi connectivity index (χ0) is 20.8. The number of rotatable bonds is 5. The lowest BCUT2D eigenvalue weighted by molar-refractivity contribution is -0.132. The monoisotopic (exact) mass is 539 g/mol. The second kappa shape index (κ2) is 12.0. The molecular weight excluding hydrogens is 501 g/mol. The highest BCUT2D eigenvalue weighted by molar-refractivity contribution is 14.0. The molecule has 7 heteroatoms. The van der Waals surface area contributed by atoms with Crippen LogP contribution in [0.3, 0.4) is 0 Å². The molecule has 2 aliphatic heterocycles. The van der Waals surface area contributed by atoms with E-state index in [1.54, 1.807) is 0 Å². The average molecular weight is 540 g/mol. The van der Waals surface area contributed by atoms with Gasteiger partial charge in [0.05, 0.1) is 6.54 Å². The van der Waals surface area contributed by atoms with E-state index in [4.69, 9.17) is 0 Å². The van der Waals surface area contributed by atoms with Crippen molar-refractivity contribution in [3.8, 4) is 0 Å². The van der Waals surface area contributed by atoms with Gasteiger partial charge >= 0.3 is 0 Å². The van der Waals surface area contributed by atoms with E-state index in [1.165, 1.54) is 24.8 Å². The first-order chi connectivity index (χ1) is 14.7. The fourth-order valence-electron chi connectivity index (χ4n) is 4.87. The highest BCUT2D eigenvalue weighted by Crippen LogP contribution is 2.46. The third-order valence-electron chi connectivity index (χ3n) is 6.87. The third kappa shape index (κ3) is 6.81. The Hall–Kier alpha value is -1.35. The van der Waals surface area contributed by atoms with Crippen LogP contribution < -0.4 is 5.32 Å². The Kier molecular flexibility index (Phi) is 9.44. The maximum atomic E-state index is 12.7. The molecule has 0 radical (unpaired) electrons. The Labute approximate surface area is 204 Å².